The van der Waals surface area contributed by atoms with Crippen LogP contribution in [-0.4, -0.2) is 57.2 Å². The van der Waals surface area contributed by atoms with Crippen molar-refractivity contribution in [2.75, 3.05) is 31.1 Å². The highest BCUT2D eigenvalue weighted by Crippen LogP contribution is 2.33. The molecule has 0 saturated carbocycles. The van der Waals surface area contributed by atoms with E-state index in [9.17, 15) is 25.0 Å². The lowest BCUT2D eigenvalue weighted by molar-refractivity contribution is -0.385. The number of pyridine rings is 2. The van der Waals surface area contributed by atoms with Crippen molar-refractivity contribution in [2.45, 2.75) is 26.4 Å². The molecule has 2 aromatic heterocycles. The van der Waals surface area contributed by atoms with Crippen LogP contribution in [0.25, 0.3) is 11.0 Å². The molecule has 0 unspecified atom stereocenters. The smallest absolute Gasteiger partial charge is 0.410 e. The molecule has 1 saturated heterocycles. The molecule has 11 heteroatoms. The molecule has 0 N–H and O–H groups in total. The lowest BCUT2D eigenvalue weighted by Crippen LogP contribution is -2.50. The molecule has 0 atom stereocenters. The molecule has 158 valence electrons. The number of nitrogens with zero attached hydrogens (tertiary/aromatic N) is 6. The van der Waals surface area contributed by atoms with Gasteiger partial charge in [0.1, 0.15) is 22.9 Å². The van der Waals surface area contributed by atoms with E-state index in [-0.39, 0.29) is 43.1 Å². The van der Waals surface area contributed by atoms with E-state index in [4.69, 9.17) is 4.74 Å². The number of nitriles is 1. The number of aromatic nitrogens is 2. The Morgan fingerprint density at radius 3 is 2.43 bits per heavy atom. The highest BCUT2D eigenvalue weighted by atomic mass is 16.6. The Kier molecular flexibility index (Phi) is 5.35. The summed E-state index contributed by atoms with van der Waals surface area (Å²) in [5.74, 6) is 0. The monoisotopic (exact) mass is 414 g/mol. The predicted octanol–water partition coefficient (Wildman–Crippen LogP) is 1.77. The van der Waals surface area contributed by atoms with Crippen molar-refractivity contribution in [3.63, 3.8) is 0 Å². The number of hydrogen-bond acceptors (Lipinski definition) is 8. The second-order valence-electron chi connectivity index (χ2n) is 7.95. The first-order chi connectivity index (χ1) is 14.0. The normalized spacial score (nSPS) is 14.5. The summed E-state index contributed by atoms with van der Waals surface area (Å²) in [6.07, 6.45) is -0.463. The van der Waals surface area contributed by atoms with Crippen LogP contribution < -0.4 is 10.5 Å². The van der Waals surface area contributed by atoms with Crippen molar-refractivity contribution >= 4 is 28.5 Å². The van der Waals surface area contributed by atoms with Crippen LogP contribution in [0.2, 0.25) is 0 Å². The molecule has 1 aliphatic rings. The highest BCUT2D eigenvalue weighted by Gasteiger charge is 2.33. The molecule has 0 bridgehead atoms. The molecule has 0 spiro atoms. The van der Waals surface area contributed by atoms with E-state index >= 15 is 0 Å². The van der Waals surface area contributed by atoms with Gasteiger partial charge in [0, 0.05) is 33.2 Å². The highest BCUT2D eigenvalue weighted by molar-refractivity contribution is 5.94. The van der Waals surface area contributed by atoms with Crippen molar-refractivity contribution < 1.29 is 14.5 Å². The minimum atomic E-state index is -0.761. The number of aryl methyl sites for hydroxylation is 1. The zero-order chi connectivity index (χ0) is 22.2. The minimum absolute atomic E-state index is 0.0686. The summed E-state index contributed by atoms with van der Waals surface area (Å²) < 4.78 is 6.53. The molecule has 1 amide bonds. The Bertz CT molecular complexity index is 1120. The molecule has 11 nitrogen and oxygen atoms in total. The molecule has 0 aliphatic carbocycles. The number of hydrogen-bond donors (Lipinski definition) is 0. The van der Waals surface area contributed by atoms with Crippen molar-refractivity contribution in [1.82, 2.24) is 14.5 Å². The molecule has 30 heavy (non-hydrogen) atoms. The summed E-state index contributed by atoms with van der Waals surface area (Å²) in [5.41, 5.74) is -1.25. The third-order valence-electron chi connectivity index (χ3n) is 4.74. The van der Waals surface area contributed by atoms with Crippen LogP contribution in [0.15, 0.2) is 16.9 Å². The second kappa shape index (κ2) is 7.62. The first-order valence-electron chi connectivity index (χ1n) is 9.34. The minimum Gasteiger partial charge on any atom is -0.444 e. The maximum Gasteiger partial charge on any atom is 0.410 e. The van der Waals surface area contributed by atoms with Crippen LogP contribution in [0.5, 0.6) is 0 Å². The summed E-state index contributed by atoms with van der Waals surface area (Å²) in [7, 11) is 1.43. The van der Waals surface area contributed by atoms with Crippen LogP contribution >= 0.6 is 0 Å². The number of nitro groups is 1. The maximum absolute atomic E-state index is 12.7. The molecular weight excluding hydrogens is 392 g/mol. The SMILES string of the molecule is Cn1c(=O)c([N+](=O)[O-])c(N2CCN(C(=O)OC(C)(C)C)CC2)c2nc(C#N)ccc21. The van der Waals surface area contributed by atoms with Crippen molar-refractivity contribution in [2.24, 2.45) is 7.05 Å². The molecule has 1 aliphatic heterocycles. The fraction of sp³-hybridized carbons (Fsp3) is 0.474. The first kappa shape index (κ1) is 21.0. The zero-order valence-corrected chi connectivity index (χ0v) is 17.2. The van der Waals surface area contributed by atoms with Gasteiger partial charge in [-0.25, -0.2) is 9.78 Å². The van der Waals surface area contributed by atoms with Gasteiger partial charge in [0.15, 0.2) is 5.69 Å². The van der Waals surface area contributed by atoms with E-state index in [0.717, 1.165) is 4.57 Å². The first-order valence-corrected chi connectivity index (χ1v) is 9.34. The summed E-state index contributed by atoms with van der Waals surface area (Å²) in [5, 5.41) is 21.0. The van der Waals surface area contributed by atoms with E-state index < -0.39 is 27.9 Å². The molecule has 0 aromatic carbocycles. The Hall–Kier alpha value is -3.68. The Morgan fingerprint density at radius 1 is 1.27 bits per heavy atom. The van der Waals surface area contributed by atoms with E-state index in [0.29, 0.717) is 5.52 Å². The van der Waals surface area contributed by atoms with Gasteiger partial charge in [-0.15, -0.1) is 0 Å². The lowest BCUT2D eigenvalue weighted by Gasteiger charge is -2.36. The largest absolute Gasteiger partial charge is 0.444 e. The summed E-state index contributed by atoms with van der Waals surface area (Å²) in [6, 6.07) is 4.92. The average molecular weight is 414 g/mol. The van der Waals surface area contributed by atoms with E-state index in [1.54, 1.807) is 31.7 Å². The van der Waals surface area contributed by atoms with Gasteiger partial charge in [-0.3, -0.25) is 14.9 Å². The quantitative estimate of drug-likeness (QED) is 0.536. The molecule has 3 rings (SSSR count). The topological polar surface area (TPSA) is 135 Å². The number of anilines is 1. The Morgan fingerprint density at radius 2 is 1.90 bits per heavy atom. The predicted molar refractivity (Wildman–Crippen MR) is 108 cm³/mol. The standard InChI is InChI=1S/C19H22N6O5/c1-19(2,3)30-18(27)24-9-7-23(8-10-24)15-14-13(6-5-12(11-20)21-14)22(4)17(26)16(15)25(28)29/h5-6H,7-10H2,1-4H3. The van der Waals surface area contributed by atoms with E-state index in [2.05, 4.69) is 4.98 Å². The fourth-order valence-corrected chi connectivity index (χ4v) is 3.34. The van der Waals surface area contributed by atoms with Crippen LogP contribution in [0.4, 0.5) is 16.2 Å². The van der Waals surface area contributed by atoms with Crippen molar-refractivity contribution in [3.8, 4) is 6.07 Å². The van der Waals surface area contributed by atoms with Crippen LogP contribution in [0.1, 0.15) is 26.5 Å². The summed E-state index contributed by atoms with van der Waals surface area (Å²) in [6.45, 7) is 6.35. The number of carbonyl (C=O) groups excluding carboxylic acids is 1. The number of piperazine rings is 1. The van der Waals surface area contributed by atoms with Crippen LogP contribution in [-0.2, 0) is 11.8 Å². The van der Waals surface area contributed by atoms with Gasteiger partial charge in [-0.2, -0.15) is 5.26 Å². The summed E-state index contributed by atoms with van der Waals surface area (Å²) >= 11 is 0. The molecular formula is C19H22N6O5. The van der Waals surface area contributed by atoms with Gasteiger partial charge in [0.25, 0.3) is 0 Å². The molecule has 1 fully saturated rings. The van der Waals surface area contributed by atoms with Gasteiger partial charge in [0.2, 0.25) is 0 Å². The summed E-state index contributed by atoms with van der Waals surface area (Å²) in [4.78, 5) is 43.4. The second-order valence-corrected chi connectivity index (χ2v) is 7.95. The van der Waals surface area contributed by atoms with E-state index in [1.165, 1.54) is 18.0 Å². The average Bonchev–Trinajstić information content (AvgIpc) is 2.68. The van der Waals surface area contributed by atoms with Crippen molar-refractivity contribution in [3.05, 3.63) is 38.3 Å². The zero-order valence-electron chi connectivity index (χ0n) is 17.2. The van der Waals surface area contributed by atoms with Gasteiger partial charge < -0.3 is 19.1 Å². The van der Waals surface area contributed by atoms with Crippen molar-refractivity contribution in [1.29, 1.82) is 5.26 Å². The van der Waals surface area contributed by atoms with E-state index in [1.807, 2.05) is 6.07 Å². The fourth-order valence-electron chi connectivity index (χ4n) is 3.34. The van der Waals surface area contributed by atoms with Gasteiger partial charge >= 0.3 is 17.3 Å². The van der Waals surface area contributed by atoms with Gasteiger partial charge in [-0.1, -0.05) is 0 Å². The molecule has 2 aromatic rings. The molecule has 3 heterocycles. The number of carbonyl (C=O) groups is 1. The third-order valence-corrected chi connectivity index (χ3v) is 4.74. The number of ether oxygens (including phenoxy) is 1. The van der Waals surface area contributed by atoms with Gasteiger partial charge in [0.05, 0.1) is 10.4 Å². The number of amides is 1. The van der Waals surface area contributed by atoms with Gasteiger partial charge in [-0.05, 0) is 32.9 Å². The Balaban J connectivity index is 2.04. The maximum atomic E-state index is 12.7. The van der Waals surface area contributed by atoms with Crippen LogP contribution in [0, 0.1) is 21.4 Å². The number of rotatable bonds is 2. The third kappa shape index (κ3) is 3.89. The molecule has 0 radical (unpaired) electrons. The number of fused-ring (bicyclic) bond motifs is 1. The Labute approximate surface area is 172 Å². The van der Waals surface area contributed by atoms with Crippen LogP contribution in [0.3, 0.4) is 0 Å². The lowest BCUT2D eigenvalue weighted by atomic mass is 10.1.